The maximum atomic E-state index is 11.0. The molecule has 0 aliphatic carbocycles. The molecule has 3 nitrogen and oxygen atoms in total. The van der Waals surface area contributed by atoms with E-state index in [-0.39, 0.29) is 11.2 Å². The van der Waals surface area contributed by atoms with Gasteiger partial charge in [0.25, 0.3) is 0 Å². The lowest BCUT2D eigenvalue weighted by molar-refractivity contribution is -0.143. The van der Waals surface area contributed by atoms with Crippen molar-refractivity contribution in [1.82, 2.24) is 0 Å². The molecule has 0 spiro atoms. The van der Waals surface area contributed by atoms with Gasteiger partial charge in [0.05, 0.1) is 6.61 Å². The zero-order valence-corrected chi connectivity index (χ0v) is 10.4. The van der Waals surface area contributed by atoms with Gasteiger partial charge in [-0.15, -0.1) is 0 Å². The Morgan fingerprint density at radius 3 is 2.33 bits per heavy atom. The summed E-state index contributed by atoms with van der Waals surface area (Å²) in [4.78, 5) is 21.7. The largest absolute Gasteiger partial charge is 0.466 e. The third-order valence-electron chi connectivity index (χ3n) is 2.28. The Hall–Kier alpha value is -0.570. The molecule has 0 aromatic carbocycles. The molecule has 0 amide bonds. The smallest absolute Gasteiger partial charge is 0.305 e. The van der Waals surface area contributed by atoms with Crippen LogP contribution in [0.1, 0.15) is 46.5 Å². The fraction of sp³-hybridized carbons (Fsp3) is 0.818. The van der Waals surface area contributed by atoms with Gasteiger partial charge in [-0.2, -0.15) is 0 Å². The minimum atomic E-state index is -0.476. The first-order valence-corrected chi connectivity index (χ1v) is 5.63. The Bertz CT molecular complexity index is 224. The SMILES string of the molecule is CCC(=O)OCCCCC(C)(C)C(=O)Cl. The van der Waals surface area contributed by atoms with Gasteiger partial charge in [-0.1, -0.05) is 20.8 Å². The van der Waals surface area contributed by atoms with E-state index in [1.165, 1.54) is 0 Å². The number of hydrogen-bond donors (Lipinski definition) is 0. The van der Waals surface area contributed by atoms with Crippen LogP contribution >= 0.6 is 11.6 Å². The molecule has 0 aromatic rings. The third kappa shape index (κ3) is 6.50. The zero-order valence-electron chi connectivity index (χ0n) is 9.64. The molecule has 0 saturated carbocycles. The number of ether oxygens (including phenoxy) is 1. The van der Waals surface area contributed by atoms with Crippen molar-refractivity contribution in [3.05, 3.63) is 0 Å². The topological polar surface area (TPSA) is 43.4 Å². The van der Waals surface area contributed by atoms with Crippen LogP contribution in [0.3, 0.4) is 0 Å². The molecule has 0 rings (SSSR count). The maximum Gasteiger partial charge on any atom is 0.305 e. The van der Waals surface area contributed by atoms with Crippen LogP contribution in [0.15, 0.2) is 0 Å². The Morgan fingerprint density at radius 2 is 1.87 bits per heavy atom. The number of halogens is 1. The quantitative estimate of drug-likeness (QED) is 0.387. The summed E-state index contributed by atoms with van der Waals surface area (Å²) in [5.74, 6) is -0.178. The maximum absolute atomic E-state index is 11.0. The molecule has 0 aliphatic rings. The number of unbranched alkanes of at least 4 members (excludes halogenated alkanes) is 1. The fourth-order valence-corrected chi connectivity index (χ4v) is 1.15. The van der Waals surface area contributed by atoms with Crippen molar-refractivity contribution < 1.29 is 14.3 Å². The summed E-state index contributed by atoms with van der Waals surface area (Å²) in [5.41, 5.74) is -0.476. The van der Waals surface area contributed by atoms with E-state index in [4.69, 9.17) is 16.3 Å². The second kappa shape index (κ2) is 6.83. The van der Waals surface area contributed by atoms with Gasteiger partial charge in [0.1, 0.15) is 0 Å². The summed E-state index contributed by atoms with van der Waals surface area (Å²) < 4.78 is 4.91. The molecule has 4 heteroatoms. The van der Waals surface area contributed by atoms with Gasteiger partial charge in [0, 0.05) is 11.8 Å². The van der Waals surface area contributed by atoms with E-state index in [1.54, 1.807) is 6.92 Å². The van der Waals surface area contributed by atoms with E-state index in [9.17, 15) is 9.59 Å². The lowest BCUT2D eigenvalue weighted by Crippen LogP contribution is -2.19. The lowest BCUT2D eigenvalue weighted by atomic mass is 9.89. The first-order valence-electron chi connectivity index (χ1n) is 5.25. The highest BCUT2D eigenvalue weighted by molar-refractivity contribution is 6.64. The van der Waals surface area contributed by atoms with Gasteiger partial charge in [0.15, 0.2) is 0 Å². The molecular weight excluding hydrogens is 216 g/mol. The third-order valence-corrected chi connectivity index (χ3v) is 2.79. The average molecular weight is 235 g/mol. The highest BCUT2D eigenvalue weighted by atomic mass is 35.5. The van der Waals surface area contributed by atoms with E-state index < -0.39 is 5.41 Å². The van der Waals surface area contributed by atoms with Crippen LogP contribution in [0.2, 0.25) is 0 Å². The molecule has 0 saturated heterocycles. The van der Waals surface area contributed by atoms with Gasteiger partial charge >= 0.3 is 5.97 Å². The summed E-state index contributed by atoms with van der Waals surface area (Å²) in [6, 6.07) is 0. The monoisotopic (exact) mass is 234 g/mol. The van der Waals surface area contributed by atoms with E-state index in [0.717, 1.165) is 19.3 Å². The molecule has 0 aromatic heterocycles. The van der Waals surface area contributed by atoms with Gasteiger partial charge in [0.2, 0.25) is 5.24 Å². The number of esters is 1. The fourth-order valence-electron chi connectivity index (χ4n) is 1.06. The van der Waals surface area contributed by atoms with Crippen LogP contribution in [-0.4, -0.2) is 17.8 Å². The van der Waals surface area contributed by atoms with E-state index in [2.05, 4.69) is 0 Å². The Morgan fingerprint density at radius 1 is 1.27 bits per heavy atom. The van der Waals surface area contributed by atoms with Crippen molar-refractivity contribution >= 4 is 22.8 Å². The molecule has 88 valence electrons. The van der Waals surface area contributed by atoms with Gasteiger partial charge in [-0.3, -0.25) is 9.59 Å². The van der Waals surface area contributed by atoms with Crippen molar-refractivity contribution in [3.8, 4) is 0 Å². The Kier molecular flexibility index (Phi) is 6.57. The van der Waals surface area contributed by atoms with E-state index >= 15 is 0 Å². The highest BCUT2D eigenvalue weighted by Gasteiger charge is 2.24. The van der Waals surface area contributed by atoms with Gasteiger partial charge in [-0.05, 0) is 30.9 Å². The summed E-state index contributed by atoms with van der Waals surface area (Å²) in [6.07, 6.45) is 2.74. The lowest BCUT2D eigenvalue weighted by Gasteiger charge is -2.18. The van der Waals surface area contributed by atoms with Crippen molar-refractivity contribution in [2.24, 2.45) is 5.41 Å². The normalized spacial score (nSPS) is 11.2. The molecule has 0 aliphatic heterocycles. The number of carbonyl (C=O) groups is 2. The molecule has 0 fully saturated rings. The average Bonchev–Trinajstić information content (AvgIpc) is 2.16. The summed E-state index contributed by atoms with van der Waals surface area (Å²) in [7, 11) is 0. The van der Waals surface area contributed by atoms with Crippen molar-refractivity contribution in [1.29, 1.82) is 0 Å². The number of carbonyl (C=O) groups excluding carboxylic acids is 2. The first kappa shape index (κ1) is 14.4. The molecule has 0 heterocycles. The molecule has 0 unspecified atom stereocenters. The standard InChI is InChI=1S/C11H19ClO3/c1-4-9(13)15-8-6-5-7-11(2,3)10(12)14/h4-8H2,1-3H3. The Labute approximate surface area is 96.1 Å². The summed E-state index contributed by atoms with van der Waals surface area (Å²) in [6.45, 7) is 5.83. The summed E-state index contributed by atoms with van der Waals surface area (Å²) >= 11 is 5.43. The molecular formula is C11H19ClO3. The Balaban J connectivity index is 3.55. The van der Waals surface area contributed by atoms with Crippen molar-refractivity contribution in [2.75, 3.05) is 6.61 Å². The van der Waals surface area contributed by atoms with Crippen LogP contribution in [0.25, 0.3) is 0 Å². The molecule has 0 radical (unpaired) electrons. The minimum Gasteiger partial charge on any atom is -0.466 e. The second-order valence-corrected chi connectivity index (χ2v) is 4.53. The van der Waals surface area contributed by atoms with Crippen LogP contribution in [0.4, 0.5) is 0 Å². The molecule has 0 atom stereocenters. The predicted octanol–water partition coefficient (Wildman–Crippen LogP) is 2.90. The molecule has 15 heavy (non-hydrogen) atoms. The minimum absolute atomic E-state index is 0.178. The first-order chi connectivity index (χ1) is 6.90. The van der Waals surface area contributed by atoms with Gasteiger partial charge in [-0.25, -0.2) is 0 Å². The molecule has 0 bridgehead atoms. The van der Waals surface area contributed by atoms with Crippen molar-refractivity contribution in [2.45, 2.75) is 46.5 Å². The number of rotatable bonds is 7. The number of hydrogen-bond acceptors (Lipinski definition) is 3. The van der Waals surface area contributed by atoms with Crippen LogP contribution in [0.5, 0.6) is 0 Å². The predicted molar refractivity (Wildman–Crippen MR) is 59.7 cm³/mol. The second-order valence-electron chi connectivity index (χ2n) is 4.19. The van der Waals surface area contributed by atoms with E-state index in [1.807, 2.05) is 13.8 Å². The van der Waals surface area contributed by atoms with Crippen LogP contribution in [-0.2, 0) is 14.3 Å². The zero-order chi connectivity index (χ0) is 11.9. The van der Waals surface area contributed by atoms with Crippen molar-refractivity contribution in [3.63, 3.8) is 0 Å². The summed E-state index contributed by atoms with van der Waals surface area (Å²) in [5, 5.41) is -0.312. The molecule has 0 N–H and O–H groups in total. The van der Waals surface area contributed by atoms with Crippen LogP contribution in [0, 0.1) is 5.41 Å². The van der Waals surface area contributed by atoms with Crippen LogP contribution < -0.4 is 0 Å². The van der Waals surface area contributed by atoms with E-state index in [0.29, 0.717) is 13.0 Å². The highest BCUT2D eigenvalue weighted by Crippen LogP contribution is 2.25. The van der Waals surface area contributed by atoms with Gasteiger partial charge < -0.3 is 4.74 Å².